The molecule has 0 saturated heterocycles. The molecule has 0 atom stereocenters. The fourth-order valence-corrected chi connectivity index (χ4v) is 3.36. The van der Waals surface area contributed by atoms with Crippen molar-refractivity contribution in [3.63, 3.8) is 0 Å². The zero-order chi connectivity index (χ0) is 25.4. The van der Waals surface area contributed by atoms with Gasteiger partial charge in [0.2, 0.25) is 0 Å². The van der Waals surface area contributed by atoms with Gasteiger partial charge in [0.05, 0.1) is 83.7 Å². The highest BCUT2D eigenvalue weighted by molar-refractivity contribution is 6.21. The molecule has 0 bridgehead atoms. The zero-order valence-electron chi connectivity index (χ0n) is 20.4. The van der Waals surface area contributed by atoms with Gasteiger partial charge in [0.1, 0.15) is 12.4 Å². The van der Waals surface area contributed by atoms with Gasteiger partial charge in [-0.15, -0.1) is 0 Å². The summed E-state index contributed by atoms with van der Waals surface area (Å²) in [6, 6.07) is 14.0. The largest absolute Gasteiger partial charge is 0.491 e. The van der Waals surface area contributed by atoms with E-state index < -0.39 is 0 Å². The lowest BCUT2D eigenvalue weighted by Crippen LogP contribution is -2.33. The predicted octanol–water partition coefficient (Wildman–Crippen LogP) is 2.03. The van der Waals surface area contributed by atoms with Crippen LogP contribution in [0.3, 0.4) is 0 Å². The SMILES string of the molecule is Nc1ccc(OCCOCCOCCOCCOCCOCCN2C(=O)c3ccccc3C2=O)cc1. The van der Waals surface area contributed by atoms with Crippen LogP contribution in [0.2, 0.25) is 0 Å². The lowest BCUT2D eigenvalue weighted by Gasteiger charge is -2.13. The zero-order valence-corrected chi connectivity index (χ0v) is 20.4. The number of hydrogen-bond acceptors (Lipinski definition) is 9. The maximum absolute atomic E-state index is 12.3. The summed E-state index contributed by atoms with van der Waals surface area (Å²) in [6.07, 6.45) is 0. The first kappa shape index (κ1) is 27.6. The van der Waals surface area contributed by atoms with Gasteiger partial charge in [0, 0.05) is 5.69 Å². The highest BCUT2D eigenvalue weighted by Gasteiger charge is 2.34. The third kappa shape index (κ3) is 9.21. The van der Waals surface area contributed by atoms with Crippen LogP contribution >= 0.6 is 0 Å². The number of benzene rings is 2. The molecule has 196 valence electrons. The number of carbonyl (C=O) groups is 2. The minimum absolute atomic E-state index is 0.220. The predicted molar refractivity (Wildman–Crippen MR) is 132 cm³/mol. The van der Waals surface area contributed by atoms with Crippen LogP contribution in [0, 0.1) is 0 Å². The first-order valence-electron chi connectivity index (χ1n) is 12.0. The lowest BCUT2D eigenvalue weighted by atomic mass is 10.1. The molecule has 0 saturated carbocycles. The standard InChI is InChI=1S/C26H34N2O8/c27-21-5-7-22(8-6-21)36-20-19-35-18-17-34-16-15-33-14-13-32-12-11-31-10-9-28-25(29)23-3-1-2-4-24(23)26(28)30/h1-8H,9-20,27H2. The molecule has 1 aliphatic heterocycles. The molecule has 0 unspecified atom stereocenters. The summed E-state index contributed by atoms with van der Waals surface area (Å²) >= 11 is 0. The van der Waals surface area contributed by atoms with E-state index in [1.54, 1.807) is 36.4 Å². The molecule has 10 nitrogen and oxygen atoms in total. The van der Waals surface area contributed by atoms with Gasteiger partial charge in [-0.2, -0.15) is 0 Å². The van der Waals surface area contributed by atoms with Crippen molar-refractivity contribution in [3.8, 4) is 5.75 Å². The second-order valence-electron chi connectivity index (χ2n) is 7.79. The van der Waals surface area contributed by atoms with Crippen molar-refractivity contribution in [2.45, 2.75) is 0 Å². The number of carbonyl (C=O) groups excluding carboxylic acids is 2. The number of amides is 2. The Labute approximate surface area is 211 Å². The molecule has 0 fully saturated rings. The van der Waals surface area contributed by atoms with Crippen LogP contribution in [0.4, 0.5) is 5.69 Å². The molecule has 1 aliphatic rings. The van der Waals surface area contributed by atoms with Gasteiger partial charge in [0.25, 0.3) is 11.8 Å². The number of nitrogens with two attached hydrogens (primary N) is 1. The van der Waals surface area contributed by atoms with E-state index in [0.717, 1.165) is 5.75 Å². The van der Waals surface area contributed by atoms with E-state index in [1.807, 2.05) is 12.1 Å². The van der Waals surface area contributed by atoms with Crippen molar-refractivity contribution in [2.75, 3.05) is 85.0 Å². The van der Waals surface area contributed by atoms with E-state index in [0.29, 0.717) is 82.9 Å². The molecular formula is C26H34N2O8. The Morgan fingerprint density at radius 1 is 0.556 bits per heavy atom. The molecule has 3 rings (SSSR count). The lowest BCUT2D eigenvalue weighted by molar-refractivity contribution is -0.0133. The van der Waals surface area contributed by atoms with Crippen molar-refractivity contribution in [1.29, 1.82) is 0 Å². The van der Waals surface area contributed by atoms with Crippen molar-refractivity contribution in [1.82, 2.24) is 4.90 Å². The second kappa shape index (κ2) is 15.9. The van der Waals surface area contributed by atoms with Crippen molar-refractivity contribution in [3.05, 3.63) is 59.7 Å². The maximum atomic E-state index is 12.3. The Bertz CT molecular complexity index is 903. The van der Waals surface area contributed by atoms with Crippen LogP contribution in [-0.2, 0) is 23.7 Å². The topological polar surface area (TPSA) is 119 Å². The number of nitrogens with zero attached hydrogens (tertiary/aromatic N) is 1. The van der Waals surface area contributed by atoms with Gasteiger partial charge < -0.3 is 34.2 Å². The van der Waals surface area contributed by atoms with E-state index in [4.69, 9.17) is 34.2 Å². The molecule has 0 aromatic heterocycles. The fraction of sp³-hybridized carbons (Fsp3) is 0.462. The van der Waals surface area contributed by atoms with Crippen LogP contribution in [0.15, 0.2) is 48.5 Å². The van der Waals surface area contributed by atoms with E-state index in [2.05, 4.69) is 0 Å². The Morgan fingerprint density at radius 3 is 1.44 bits per heavy atom. The Morgan fingerprint density at radius 2 is 0.972 bits per heavy atom. The summed E-state index contributed by atoms with van der Waals surface area (Å²) in [5.74, 6) is 0.213. The molecule has 0 aliphatic carbocycles. The smallest absolute Gasteiger partial charge is 0.261 e. The Balaban J connectivity index is 1.04. The third-order valence-electron chi connectivity index (χ3n) is 5.20. The minimum atomic E-state index is -0.274. The molecule has 0 radical (unpaired) electrons. The molecule has 36 heavy (non-hydrogen) atoms. The molecule has 0 spiro atoms. The van der Waals surface area contributed by atoms with Gasteiger partial charge in [0.15, 0.2) is 0 Å². The van der Waals surface area contributed by atoms with E-state index in [1.165, 1.54) is 4.90 Å². The highest BCUT2D eigenvalue weighted by atomic mass is 16.6. The number of nitrogen functional groups attached to an aromatic ring is 1. The van der Waals surface area contributed by atoms with Crippen molar-refractivity contribution < 1.29 is 38.0 Å². The number of rotatable bonds is 19. The fourth-order valence-electron chi connectivity index (χ4n) is 3.36. The summed E-state index contributed by atoms with van der Waals surface area (Å²) in [5, 5.41) is 0. The first-order chi connectivity index (χ1) is 17.7. The first-order valence-corrected chi connectivity index (χ1v) is 12.0. The van der Waals surface area contributed by atoms with Crippen LogP contribution in [-0.4, -0.2) is 95.9 Å². The number of fused-ring (bicyclic) bond motifs is 1. The Hall–Kier alpha value is -3.02. The normalized spacial score (nSPS) is 12.8. The van der Waals surface area contributed by atoms with E-state index in [9.17, 15) is 9.59 Å². The summed E-state index contributed by atoms with van der Waals surface area (Å²) in [7, 11) is 0. The van der Waals surface area contributed by atoms with Crippen LogP contribution < -0.4 is 10.5 Å². The van der Waals surface area contributed by atoms with E-state index >= 15 is 0 Å². The van der Waals surface area contributed by atoms with Crippen LogP contribution in [0.25, 0.3) is 0 Å². The van der Waals surface area contributed by atoms with Crippen LogP contribution in [0.1, 0.15) is 20.7 Å². The second-order valence-corrected chi connectivity index (χ2v) is 7.79. The summed E-state index contributed by atoms with van der Waals surface area (Å²) in [4.78, 5) is 25.7. The van der Waals surface area contributed by atoms with Gasteiger partial charge in [-0.25, -0.2) is 0 Å². The number of anilines is 1. The minimum Gasteiger partial charge on any atom is -0.491 e. The number of ether oxygens (including phenoxy) is 6. The van der Waals surface area contributed by atoms with Gasteiger partial charge >= 0.3 is 0 Å². The molecule has 1 heterocycles. The van der Waals surface area contributed by atoms with Gasteiger partial charge in [-0.05, 0) is 36.4 Å². The maximum Gasteiger partial charge on any atom is 0.261 e. The summed E-state index contributed by atoms with van der Waals surface area (Å²) in [6.45, 7) is 5.03. The van der Waals surface area contributed by atoms with Crippen LogP contribution in [0.5, 0.6) is 5.75 Å². The molecule has 2 amide bonds. The molecule has 2 aromatic carbocycles. The summed E-state index contributed by atoms with van der Waals surface area (Å²) in [5.41, 5.74) is 7.22. The number of hydrogen-bond donors (Lipinski definition) is 1. The molecule has 2 aromatic rings. The molecule has 2 N–H and O–H groups in total. The van der Waals surface area contributed by atoms with Crippen molar-refractivity contribution in [2.24, 2.45) is 0 Å². The molecular weight excluding hydrogens is 468 g/mol. The average Bonchev–Trinajstić information content (AvgIpc) is 3.14. The quantitative estimate of drug-likeness (QED) is 0.175. The van der Waals surface area contributed by atoms with Gasteiger partial charge in [-0.1, -0.05) is 12.1 Å². The molecule has 10 heteroatoms. The number of imide groups is 1. The monoisotopic (exact) mass is 502 g/mol. The Kier molecular flexibility index (Phi) is 12.2. The average molecular weight is 503 g/mol. The third-order valence-corrected chi connectivity index (χ3v) is 5.20. The summed E-state index contributed by atoms with van der Waals surface area (Å²) < 4.78 is 32.8. The van der Waals surface area contributed by atoms with Gasteiger partial charge in [-0.3, -0.25) is 14.5 Å². The van der Waals surface area contributed by atoms with E-state index in [-0.39, 0.29) is 25.0 Å². The van der Waals surface area contributed by atoms with Crippen molar-refractivity contribution >= 4 is 17.5 Å². The highest BCUT2D eigenvalue weighted by Crippen LogP contribution is 2.21.